The standard InChI is InChI=1S/C22H34N4O4/c1-6-7-8-9-10-13-18(27)24-17-12-11-14-23-20(28)16(4)26(5)22(30)19(15(2)3)25-21(17)29/h6-10,13,15-17,19H,11-12,14H2,1-5H3,(H,23,28)(H,24,27)(H,25,29). The van der Waals surface area contributed by atoms with E-state index in [0.717, 1.165) is 0 Å². The monoisotopic (exact) mass is 418 g/mol. The third-order valence-corrected chi connectivity index (χ3v) is 4.91. The third kappa shape index (κ3) is 7.85. The van der Waals surface area contributed by atoms with Crippen LogP contribution in [-0.4, -0.2) is 60.2 Å². The second-order valence-electron chi connectivity index (χ2n) is 7.62. The Morgan fingerprint density at radius 2 is 1.80 bits per heavy atom. The maximum absolute atomic E-state index is 12.9. The zero-order chi connectivity index (χ0) is 22.7. The minimum absolute atomic E-state index is 0.185. The minimum Gasteiger partial charge on any atom is -0.354 e. The molecule has 3 atom stereocenters. The van der Waals surface area contributed by atoms with Crippen molar-refractivity contribution in [3.63, 3.8) is 0 Å². The molecule has 0 aromatic carbocycles. The smallest absolute Gasteiger partial charge is 0.245 e. The van der Waals surface area contributed by atoms with E-state index < -0.39 is 29.9 Å². The van der Waals surface area contributed by atoms with Gasteiger partial charge in [0.25, 0.3) is 0 Å². The summed E-state index contributed by atoms with van der Waals surface area (Å²) < 4.78 is 0. The average molecular weight is 419 g/mol. The van der Waals surface area contributed by atoms with E-state index in [-0.39, 0.29) is 17.7 Å². The van der Waals surface area contributed by atoms with Gasteiger partial charge in [0.2, 0.25) is 23.6 Å². The third-order valence-electron chi connectivity index (χ3n) is 4.91. The number of allylic oxidation sites excluding steroid dienone is 5. The summed E-state index contributed by atoms with van der Waals surface area (Å²) in [6.45, 7) is 7.53. The molecule has 30 heavy (non-hydrogen) atoms. The molecule has 3 N–H and O–H groups in total. The summed E-state index contributed by atoms with van der Waals surface area (Å²) in [4.78, 5) is 51.6. The predicted molar refractivity (Wildman–Crippen MR) is 116 cm³/mol. The van der Waals surface area contributed by atoms with E-state index in [9.17, 15) is 19.2 Å². The molecule has 0 aromatic heterocycles. The highest BCUT2D eigenvalue weighted by Crippen LogP contribution is 2.10. The van der Waals surface area contributed by atoms with Crippen LogP contribution in [-0.2, 0) is 19.2 Å². The summed E-state index contributed by atoms with van der Waals surface area (Å²) in [5.74, 6) is -1.61. The molecule has 1 aliphatic heterocycles. The highest BCUT2D eigenvalue weighted by atomic mass is 16.2. The zero-order valence-electron chi connectivity index (χ0n) is 18.5. The number of likely N-dealkylation sites (N-methyl/N-ethyl adjacent to an activating group) is 1. The van der Waals surface area contributed by atoms with Gasteiger partial charge in [-0.25, -0.2) is 0 Å². The second kappa shape index (κ2) is 12.6. The number of amides is 4. The number of hydrogen-bond acceptors (Lipinski definition) is 4. The maximum atomic E-state index is 12.9. The van der Waals surface area contributed by atoms with Crippen LogP contribution in [0.1, 0.15) is 40.5 Å². The molecule has 1 rings (SSSR count). The Balaban J connectivity index is 2.99. The van der Waals surface area contributed by atoms with E-state index in [1.807, 2.05) is 32.9 Å². The van der Waals surface area contributed by atoms with Crippen molar-refractivity contribution in [1.82, 2.24) is 20.9 Å². The molecule has 0 aliphatic carbocycles. The van der Waals surface area contributed by atoms with Crippen molar-refractivity contribution in [3.05, 3.63) is 36.5 Å². The maximum Gasteiger partial charge on any atom is 0.245 e. The van der Waals surface area contributed by atoms with Crippen molar-refractivity contribution in [2.45, 2.75) is 58.7 Å². The SMILES string of the molecule is CC=CC=CC=CC(=O)NC1CCCNC(=O)C(C)N(C)C(=O)C(C(C)C)NC1=O. The van der Waals surface area contributed by atoms with Crippen LogP contribution in [0.25, 0.3) is 0 Å². The predicted octanol–water partition coefficient (Wildman–Crippen LogP) is 1.06. The molecule has 1 saturated heterocycles. The molecule has 166 valence electrons. The Labute approximate surface area is 178 Å². The summed E-state index contributed by atoms with van der Waals surface area (Å²) in [6.07, 6.45) is 11.0. The first-order valence-electron chi connectivity index (χ1n) is 10.3. The van der Waals surface area contributed by atoms with Crippen LogP contribution in [0.15, 0.2) is 36.5 Å². The molecule has 0 radical (unpaired) electrons. The molecular formula is C22H34N4O4. The molecule has 0 aromatic rings. The van der Waals surface area contributed by atoms with Crippen molar-refractivity contribution in [2.75, 3.05) is 13.6 Å². The molecule has 1 aliphatic rings. The van der Waals surface area contributed by atoms with Crippen LogP contribution in [0, 0.1) is 5.92 Å². The van der Waals surface area contributed by atoms with Gasteiger partial charge in [-0.05, 0) is 32.6 Å². The number of rotatable bonds is 5. The van der Waals surface area contributed by atoms with Gasteiger partial charge in [-0.1, -0.05) is 44.2 Å². The molecule has 8 nitrogen and oxygen atoms in total. The Morgan fingerprint density at radius 1 is 1.13 bits per heavy atom. The summed E-state index contributed by atoms with van der Waals surface area (Å²) in [5, 5.41) is 8.24. The van der Waals surface area contributed by atoms with Crippen molar-refractivity contribution >= 4 is 23.6 Å². The lowest BCUT2D eigenvalue weighted by molar-refractivity contribution is -0.142. The topological polar surface area (TPSA) is 108 Å². The molecule has 1 heterocycles. The minimum atomic E-state index is -0.810. The van der Waals surface area contributed by atoms with Crippen LogP contribution >= 0.6 is 0 Å². The summed E-state index contributed by atoms with van der Waals surface area (Å²) in [6, 6.07) is -2.25. The van der Waals surface area contributed by atoms with E-state index in [1.54, 1.807) is 32.2 Å². The van der Waals surface area contributed by atoms with Crippen LogP contribution in [0.3, 0.4) is 0 Å². The van der Waals surface area contributed by atoms with Gasteiger partial charge < -0.3 is 20.9 Å². The van der Waals surface area contributed by atoms with Gasteiger partial charge in [0.05, 0.1) is 0 Å². The first kappa shape index (κ1) is 25.1. The lowest BCUT2D eigenvalue weighted by Crippen LogP contribution is -2.58. The normalized spacial score (nSPS) is 24.8. The van der Waals surface area contributed by atoms with E-state index in [1.165, 1.54) is 11.0 Å². The van der Waals surface area contributed by atoms with Crippen molar-refractivity contribution in [1.29, 1.82) is 0 Å². The summed E-state index contributed by atoms with van der Waals surface area (Å²) in [5.41, 5.74) is 0. The van der Waals surface area contributed by atoms with E-state index in [0.29, 0.717) is 19.4 Å². The molecular weight excluding hydrogens is 384 g/mol. The van der Waals surface area contributed by atoms with Crippen molar-refractivity contribution < 1.29 is 19.2 Å². The molecule has 0 saturated carbocycles. The van der Waals surface area contributed by atoms with Gasteiger partial charge in [0.15, 0.2) is 0 Å². The number of carbonyl (C=O) groups excluding carboxylic acids is 4. The fourth-order valence-corrected chi connectivity index (χ4v) is 2.89. The van der Waals surface area contributed by atoms with Gasteiger partial charge in [-0.3, -0.25) is 19.2 Å². The lowest BCUT2D eigenvalue weighted by Gasteiger charge is -2.32. The molecule has 0 bridgehead atoms. The molecule has 0 spiro atoms. The summed E-state index contributed by atoms with van der Waals surface area (Å²) >= 11 is 0. The first-order chi connectivity index (χ1) is 14.2. The van der Waals surface area contributed by atoms with Gasteiger partial charge in [-0.2, -0.15) is 0 Å². The second-order valence-corrected chi connectivity index (χ2v) is 7.62. The van der Waals surface area contributed by atoms with E-state index in [2.05, 4.69) is 16.0 Å². The highest BCUT2D eigenvalue weighted by molar-refractivity contribution is 5.96. The summed E-state index contributed by atoms with van der Waals surface area (Å²) in [7, 11) is 1.55. The average Bonchev–Trinajstić information content (AvgIpc) is 2.71. The highest BCUT2D eigenvalue weighted by Gasteiger charge is 2.33. The largest absolute Gasteiger partial charge is 0.354 e. The number of carbonyl (C=O) groups is 4. The van der Waals surface area contributed by atoms with Crippen LogP contribution < -0.4 is 16.0 Å². The van der Waals surface area contributed by atoms with Gasteiger partial charge in [0.1, 0.15) is 18.1 Å². The Hall–Kier alpha value is -2.90. The van der Waals surface area contributed by atoms with Gasteiger partial charge in [0, 0.05) is 19.7 Å². The number of hydrogen-bond donors (Lipinski definition) is 3. The Bertz CT molecular complexity index is 712. The number of nitrogens with zero attached hydrogens (tertiary/aromatic N) is 1. The van der Waals surface area contributed by atoms with Crippen molar-refractivity contribution in [3.8, 4) is 0 Å². The molecule has 4 amide bonds. The fraction of sp³-hybridized carbons (Fsp3) is 0.545. The number of nitrogens with one attached hydrogen (secondary N) is 3. The molecule has 1 fully saturated rings. The van der Waals surface area contributed by atoms with Gasteiger partial charge >= 0.3 is 0 Å². The van der Waals surface area contributed by atoms with Crippen LogP contribution in [0.4, 0.5) is 0 Å². The van der Waals surface area contributed by atoms with Crippen molar-refractivity contribution in [2.24, 2.45) is 5.92 Å². The lowest BCUT2D eigenvalue weighted by atomic mass is 10.0. The van der Waals surface area contributed by atoms with Crippen LogP contribution in [0.5, 0.6) is 0 Å². The van der Waals surface area contributed by atoms with E-state index in [4.69, 9.17) is 0 Å². The van der Waals surface area contributed by atoms with E-state index >= 15 is 0 Å². The Kier molecular flexibility index (Phi) is 10.6. The zero-order valence-corrected chi connectivity index (χ0v) is 18.5. The van der Waals surface area contributed by atoms with Gasteiger partial charge in [-0.15, -0.1) is 0 Å². The first-order valence-corrected chi connectivity index (χ1v) is 10.3. The molecule has 3 unspecified atom stereocenters. The van der Waals surface area contributed by atoms with Crippen LogP contribution in [0.2, 0.25) is 0 Å². The quantitative estimate of drug-likeness (QED) is 0.458. The fourth-order valence-electron chi connectivity index (χ4n) is 2.89. The molecule has 8 heteroatoms. The Morgan fingerprint density at radius 3 is 2.43 bits per heavy atom.